The Hall–Kier alpha value is -0.480. The highest BCUT2D eigenvalue weighted by Gasteiger charge is 2.41. The van der Waals surface area contributed by atoms with Gasteiger partial charge in [-0.05, 0) is 37.6 Å². The molecule has 1 heterocycles. The van der Waals surface area contributed by atoms with Crippen LogP contribution >= 0.6 is 0 Å². The lowest BCUT2D eigenvalue weighted by molar-refractivity contribution is 0.361. The minimum atomic E-state index is 0.874. The molecule has 0 bridgehead atoms. The van der Waals surface area contributed by atoms with Crippen LogP contribution in [0.4, 0.5) is 0 Å². The zero-order valence-electron chi connectivity index (χ0n) is 8.63. The van der Waals surface area contributed by atoms with Gasteiger partial charge in [-0.15, -0.1) is 12.8 Å². The van der Waals surface area contributed by atoms with E-state index in [4.69, 9.17) is 0 Å². The molecule has 0 spiro atoms. The SMILES string of the molecule is C#C.CCCCC1C[C@@H]2C[C@@H]2CN1. The average molecular weight is 179 g/mol. The molecule has 1 saturated carbocycles. The summed E-state index contributed by atoms with van der Waals surface area (Å²) < 4.78 is 0. The average Bonchev–Trinajstić information content (AvgIpc) is 2.96. The monoisotopic (exact) mass is 179 g/mol. The van der Waals surface area contributed by atoms with Gasteiger partial charge in [0.25, 0.3) is 0 Å². The second kappa shape index (κ2) is 5.29. The highest BCUT2D eigenvalue weighted by molar-refractivity contribution is 4.95. The largest absolute Gasteiger partial charge is 0.314 e. The fourth-order valence-electron chi connectivity index (χ4n) is 2.29. The first kappa shape index (κ1) is 10.6. The van der Waals surface area contributed by atoms with Gasteiger partial charge in [-0.3, -0.25) is 0 Å². The van der Waals surface area contributed by atoms with E-state index in [-0.39, 0.29) is 0 Å². The highest BCUT2D eigenvalue weighted by Crippen LogP contribution is 2.44. The molecule has 1 unspecified atom stereocenters. The van der Waals surface area contributed by atoms with Crippen molar-refractivity contribution < 1.29 is 0 Å². The van der Waals surface area contributed by atoms with Crippen LogP contribution in [-0.4, -0.2) is 12.6 Å². The van der Waals surface area contributed by atoms with Crippen LogP contribution in [0.2, 0.25) is 0 Å². The lowest BCUT2D eigenvalue weighted by Gasteiger charge is -2.22. The van der Waals surface area contributed by atoms with E-state index in [2.05, 4.69) is 25.1 Å². The maximum Gasteiger partial charge on any atom is 0.00699 e. The summed E-state index contributed by atoms with van der Waals surface area (Å²) in [6, 6.07) is 0.874. The van der Waals surface area contributed by atoms with Crippen molar-refractivity contribution in [2.24, 2.45) is 11.8 Å². The van der Waals surface area contributed by atoms with E-state index in [1.54, 1.807) is 0 Å². The third kappa shape index (κ3) is 3.04. The van der Waals surface area contributed by atoms with Gasteiger partial charge in [0.1, 0.15) is 0 Å². The van der Waals surface area contributed by atoms with Crippen LogP contribution in [0.3, 0.4) is 0 Å². The fourth-order valence-corrected chi connectivity index (χ4v) is 2.29. The van der Waals surface area contributed by atoms with E-state index in [9.17, 15) is 0 Å². The Morgan fingerprint density at radius 3 is 2.62 bits per heavy atom. The van der Waals surface area contributed by atoms with Gasteiger partial charge in [-0.2, -0.15) is 0 Å². The lowest BCUT2D eigenvalue weighted by Crippen LogP contribution is -2.35. The van der Waals surface area contributed by atoms with Crippen LogP contribution in [-0.2, 0) is 0 Å². The molecule has 1 aliphatic carbocycles. The second-order valence-electron chi connectivity index (χ2n) is 4.24. The van der Waals surface area contributed by atoms with Crippen LogP contribution in [0.15, 0.2) is 0 Å². The third-order valence-corrected chi connectivity index (χ3v) is 3.23. The highest BCUT2D eigenvalue weighted by atomic mass is 14.9. The number of terminal acetylenes is 1. The molecule has 1 nitrogen and oxygen atoms in total. The Morgan fingerprint density at radius 1 is 1.23 bits per heavy atom. The quantitative estimate of drug-likeness (QED) is 0.656. The van der Waals surface area contributed by atoms with Crippen LogP contribution < -0.4 is 5.32 Å². The van der Waals surface area contributed by atoms with Crippen molar-refractivity contribution in [2.45, 2.75) is 45.1 Å². The van der Waals surface area contributed by atoms with Crippen molar-refractivity contribution >= 4 is 0 Å². The fraction of sp³-hybridized carbons (Fsp3) is 0.833. The molecule has 0 radical (unpaired) electrons. The van der Waals surface area contributed by atoms with Gasteiger partial charge in [0.15, 0.2) is 0 Å². The zero-order valence-corrected chi connectivity index (χ0v) is 8.63. The summed E-state index contributed by atoms with van der Waals surface area (Å²) in [6.07, 6.45) is 15.2. The van der Waals surface area contributed by atoms with Crippen LogP contribution in [0.1, 0.15) is 39.0 Å². The number of hydrogen-bond donors (Lipinski definition) is 1. The maximum absolute atomic E-state index is 4.00. The van der Waals surface area contributed by atoms with Gasteiger partial charge < -0.3 is 5.32 Å². The number of unbranched alkanes of at least 4 members (excludes halogenated alkanes) is 1. The summed E-state index contributed by atoms with van der Waals surface area (Å²) in [6.45, 7) is 3.60. The first-order valence-electron chi connectivity index (χ1n) is 5.47. The minimum Gasteiger partial charge on any atom is -0.314 e. The van der Waals surface area contributed by atoms with Crippen molar-refractivity contribution in [3.8, 4) is 12.8 Å². The molecule has 13 heavy (non-hydrogen) atoms. The molecule has 0 aromatic heterocycles. The van der Waals surface area contributed by atoms with Gasteiger partial charge in [0.2, 0.25) is 0 Å². The normalized spacial score (nSPS) is 35.5. The number of rotatable bonds is 3. The number of hydrogen-bond acceptors (Lipinski definition) is 1. The molecule has 1 N–H and O–H groups in total. The van der Waals surface area contributed by atoms with Crippen molar-refractivity contribution in [1.82, 2.24) is 5.32 Å². The van der Waals surface area contributed by atoms with Gasteiger partial charge in [0, 0.05) is 6.04 Å². The molecule has 0 aromatic rings. The third-order valence-electron chi connectivity index (χ3n) is 3.23. The van der Waals surface area contributed by atoms with Gasteiger partial charge in [-0.25, -0.2) is 0 Å². The second-order valence-corrected chi connectivity index (χ2v) is 4.24. The van der Waals surface area contributed by atoms with Crippen LogP contribution in [0, 0.1) is 24.7 Å². The Balaban J connectivity index is 0.000000396. The van der Waals surface area contributed by atoms with Gasteiger partial charge in [0.05, 0.1) is 0 Å². The Kier molecular flexibility index (Phi) is 4.32. The molecule has 1 heteroatoms. The van der Waals surface area contributed by atoms with Crippen molar-refractivity contribution in [3.63, 3.8) is 0 Å². The Bertz CT molecular complexity index is 162. The standard InChI is InChI=1S/C10H19N.C2H2/c1-2-3-4-10-6-8-5-9(8)7-11-10;1-2/h8-11H,2-7H2,1H3;1-2H/t8-,9+,10?;/m0./s1. The summed E-state index contributed by atoms with van der Waals surface area (Å²) in [5, 5.41) is 3.65. The number of piperidine rings is 1. The van der Waals surface area contributed by atoms with Gasteiger partial charge >= 0.3 is 0 Å². The first-order chi connectivity index (χ1) is 6.40. The molecule has 3 atom stereocenters. The molecule has 2 aliphatic rings. The molecule has 2 rings (SSSR count). The summed E-state index contributed by atoms with van der Waals surface area (Å²) in [7, 11) is 0. The minimum absolute atomic E-state index is 0.874. The van der Waals surface area contributed by atoms with Gasteiger partial charge in [-0.1, -0.05) is 19.8 Å². The topological polar surface area (TPSA) is 12.0 Å². The van der Waals surface area contributed by atoms with E-state index >= 15 is 0 Å². The van der Waals surface area contributed by atoms with Crippen LogP contribution in [0.25, 0.3) is 0 Å². The molecule has 74 valence electrons. The maximum atomic E-state index is 4.00. The summed E-state index contributed by atoms with van der Waals surface area (Å²) in [5.41, 5.74) is 0. The zero-order chi connectivity index (χ0) is 9.68. The number of fused-ring (bicyclic) bond motifs is 1. The van der Waals surface area contributed by atoms with E-state index in [0.29, 0.717) is 0 Å². The van der Waals surface area contributed by atoms with E-state index in [1.165, 1.54) is 38.6 Å². The molecule has 1 saturated heterocycles. The summed E-state index contributed by atoms with van der Waals surface area (Å²) in [4.78, 5) is 0. The summed E-state index contributed by atoms with van der Waals surface area (Å²) in [5.74, 6) is 2.20. The molecule has 2 fully saturated rings. The molecular weight excluding hydrogens is 158 g/mol. The predicted octanol–water partition coefficient (Wildman–Crippen LogP) is 2.42. The van der Waals surface area contributed by atoms with E-state index in [1.807, 2.05) is 0 Å². The van der Waals surface area contributed by atoms with E-state index in [0.717, 1.165) is 17.9 Å². The lowest BCUT2D eigenvalue weighted by atomic mass is 10.00. The molecule has 1 aliphatic heterocycles. The van der Waals surface area contributed by atoms with Crippen molar-refractivity contribution in [2.75, 3.05) is 6.54 Å². The molecular formula is C12H21N. The summed E-state index contributed by atoms with van der Waals surface area (Å²) >= 11 is 0. The number of nitrogens with one attached hydrogen (secondary N) is 1. The van der Waals surface area contributed by atoms with E-state index < -0.39 is 0 Å². The smallest absolute Gasteiger partial charge is 0.00699 e. The molecule has 0 aromatic carbocycles. The Labute approximate surface area is 82.3 Å². The predicted molar refractivity (Wildman–Crippen MR) is 57.4 cm³/mol. The van der Waals surface area contributed by atoms with Crippen molar-refractivity contribution in [1.29, 1.82) is 0 Å². The Morgan fingerprint density at radius 2 is 2.00 bits per heavy atom. The van der Waals surface area contributed by atoms with Crippen LogP contribution in [0.5, 0.6) is 0 Å². The van der Waals surface area contributed by atoms with Crippen molar-refractivity contribution in [3.05, 3.63) is 0 Å². The first-order valence-corrected chi connectivity index (χ1v) is 5.47. The molecule has 0 amide bonds.